The number of hydrogen-bond acceptors (Lipinski definition) is 6. The topological polar surface area (TPSA) is 105 Å². The summed E-state index contributed by atoms with van der Waals surface area (Å²) in [6.45, 7) is 2.85. The molecule has 27 heavy (non-hydrogen) atoms. The number of benzene rings is 1. The Kier molecular flexibility index (Phi) is 7.37. The largest absolute Gasteiger partial charge is 0.484 e. The molecule has 2 fully saturated rings. The lowest BCUT2D eigenvalue weighted by Gasteiger charge is -2.41. The number of rotatable bonds is 5. The van der Waals surface area contributed by atoms with Gasteiger partial charge in [-0.3, -0.25) is 19.7 Å². The molecule has 0 radical (unpaired) electrons. The van der Waals surface area contributed by atoms with Crippen molar-refractivity contribution in [1.82, 2.24) is 15.1 Å². The van der Waals surface area contributed by atoms with Crippen LogP contribution in [0.1, 0.15) is 12.8 Å². The highest BCUT2D eigenvalue weighted by molar-refractivity contribution is 5.85. The van der Waals surface area contributed by atoms with Crippen molar-refractivity contribution in [3.8, 4) is 5.75 Å². The van der Waals surface area contributed by atoms with Crippen molar-refractivity contribution in [2.45, 2.75) is 18.9 Å². The molecule has 2 amide bonds. The zero-order chi connectivity index (χ0) is 18.5. The minimum absolute atomic E-state index is 0. The van der Waals surface area contributed by atoms with Crippen molar-refractivity contribution < 1.29 is 19.2 Å². The first-order valence-electron chi connectivity index (χ1n) is 8.70. The monoisotopic (exact) mass is 398 g/mol. The molecular weight excluding hydrogens is 376 g/mol. The van der Waals surface area contributed by atoms with Crippen LogP contribution in [0.2, 0.25) is 0 Å². The van der Waals surface area contributed by atoms with E-state index in [0.29, 0.717) is 31.9 Å². The van der Waals surface area contributed by atoms with Crippen LogP contribution in [0, 0.1) is 10.1 Å². The Morgan fingerprint density at radius 2 is 2.04 bits per heavy atom. The zero-order valence-corrected chi connectivity index (χ0v) is 15.7. The molecule has 1 N–H and O–H groups in total. The smallest absolute Gasteiger partial charge is 0.269 e. The van der Waals surface area contributed by atoms with Crippen LogP contribution in [-0.4, -0.2) is 71.9 Å². The van der Waals surface area contributed by atoms with Gasteiger partial charge in [-0.15, -0.1) is 12.4 Å². The van der Waals surface area contributed by atoms with Crippen molar-refractivity contribution in [2.24, 2.45) is 0 Å². The average molecular weight is 399 g/mol. The summed E-state index contributed by atoms with van der Waals surface area (Å²) < 4.78 is 5.45. The van der Waals surface area contributed by atoms with Crippen molar-refractivity contribution in [3.05, 3.63) is 34.4 Å². The summed E-state index contributed by atoms with van der Waals surface area (Å²) in [5.74, 6) is 0.350. The van der Waals surface area contributed by atoms with Gasteiger partial charge in [0.1, 0.15) is 5.75 Å². The van der Waals surface area contributed by atoms with E-state index in [2.05, 4.69) is 5.32 Å². The lowest BCUT2D eigenvalue weighted by Crippen LogP contribution is -2.57. The van der Waals surface area contributed by atoms with Crippen LogP contribution in [0.15, 0.2) is 24.3 Å². The number of nitro benzene ring substituents is 1. The van der Waals surface area contributed by atoms with E-state index in [-0.39, 0.29) is 42.6 Å². The summed E-state index contributed by atoms with van der Waals surface area (Å²) in [5.41, 5.74) is -0.0248. The number of piperazine rings is 1. The SMILES string of the molecule is Cl.O=C(COc1ccc([N+](=O)[O-])cc1)N1CCCC(N2CCNCC2=O)C1. The third-order valence-electron chi connectivity index (χ3n) is 4.73. The molecule has 0 spiro atoms. The first kappa shape index (κ1) is 20.9. The van der Waals surface area contributed by atoms with E-state index in [4.69, 9.17) is 4.74 Å². The van der Waals surface area contributed by atoms with E-state index in [1.165, 1.54) is 24.3 Å². The molecule has 148 valence electrons. The number of nitrogens with one attached hydrogen (secondary N) is 1. The Bertz CT molecular complexity index is 684. The fourth-order valence-electron chi connectivity index (χ4n) is 3.34. The highest BCUT2D eigenvalue weighted by Crippen LogP contribution is 2.19. The van der Waals surface area contributed by atoms with Gasteiger partial charge >= 0.3 is 0 Å². The maximum atomic E-state index is 12.4. The van der Waals surface area contributed by atoms with Crippen LogP contribution in [0.4, 0.5) is 5.69 Å². The second kappa shape index (κ2) is 9.52. The van der Waals surface area contributed by atoms with E-state index in [1.54, 1.807) is 4.90 Å². The van der Waals surface area contributed by atoms with Gasteiger partial charge in [-0.25, -0.2) is 0 Å². The Hall–Kier alpha value is -2.39. The molecule has 0 aromatic heterocycles. The lowest BCUT2D eigenvalue weighted by molar-refractivity contribution is -0.384. The normalized spacial score (nSPS) is 20.0. The number of halogens is 1. The molecule has 1 unspecified atom stereocenters. The molecule has 1 aromatic rings. The van der Waals surface area contributed by atoms with Gasteiger partial charge < -0.3 is 19.9 Å². The Morgan fingerprint density at radius 1 is 1.30 bits per heavy atom. The molecule has 1 aromatic carbocycles. The van der Waals surface area contributed by atoms with Gasteiger partial charge in [0.15, 0.2) is 6.61 Å². The Morgan fingerprint density at radius 3 is 2.70 bits per heavy atom. The van der Waals surface area contributed by atoms with Crippen molar-refractivity contribution >= 4 is 29.9 Å². The summed E-state index contributed by atoms with van der Waals surface area (Å²) in [4.78, 5) is 38.2. The second-order valence-electron chi connectivity index (χ2n) is 6.44. The molecule has 0 aliphatic carbocycles. The fourth-order valence-corrected chi connectivity index (χ4v) is 3.34. The van der Waals surface area contributed by atoms with Gasteiger partial charge in [0.05, 0.1) is 11.5 Å². The van der Waals surface area contributed by atoms with Gasteiger partial charge in [-0.1, -0.05) is 0 Å². The van der Waals surface area contributed by atoms with Crippen LogP contribution in [0.5, 0.6) is 5.75 Å². The average Bonchev–Trinajstić information content (AvgIpc) is 2.67. The maximum Gasteiger partial charge on any atom is 0.269 e. The number of amides is 2. The standard InChI is InChI=1S/C17H22N4O5.ClH/c22-16-10-18-7-9-20(16)14-2-1-8-19(11-14)17(23)12-26-15-5-3-13(4-6-15)21(24)25;/h3-6,14,18H,1-2,7-12H2;1H. The van der Waals surface area contributed by atoms with Gasteiger partial charge in [-0.2, -0.15) is 0 Å². The zero-order valence-electron chi connectivity index (χ0n) is 14.8. The number of nitro groups is 1. The maximum absolute atomic E-state index is 12.4. The van der Waals surface area contributed by atoms with Crippen LogP contribution in [0.25, 0.3) is 0 Å². The fraction of sp³-hybridized carbons (Fsp3) is 0.529. The highest BCUT2D eigenvalue weighted by Gasteiger charge is 2.31. The highest BCUT2D eigenvalue weighted by atomic mass is 35.5. The molecular formula is C17H23ClN4O5. The van der Waals surface area contributed by atoms with E-state index in [1.807, 2.05) is 4.90 Å². The van der Waals surface area contributed by atoms with E-state index < -0.39 is 4.92 Å². The number of likely N-dealkylation sites (tertiary alicyclic amines) is 1. The van der Waals surface area contributed by atoms with Crippen molar-refractivity contribution in [2.75, 3.05) is 39.3 Å². The molecule has 0 bridgehead atoms. The number of carbonyl (C=O) groups is 2. The molecule has 10 heteroatoms. The third-order valence-corrected chi connectivity index (χ3v) is 4.73. The Balaban J connectivity index is 0.00000261. The van der Waals surface area contributed by atoms with Gasteiger partial charge in [-0.05, 0) is 25.0 Å². The molecule has 9 nitrogen and oxygen atoms in total. The molecule has 2 aliphatic heterocycles. The number of carbonyl (C=O) groups excluding carboxylic acids is 2. The molecule has 2 heterocycles. The van der Waals surface area contributed by atoms with Gasteiger partial charge in [0.25, 0.3) is 11.6 Å². The molecule has 3 rings (SSSR count). The first-order valence-corrected chi connectivity index (χ1v) is 8.70. The van der Waals surface area contributed by atoms with Gasteiger partial charge in [0, 0.05) is 44.4 Å². The van der Waals surface area contributed by atoms with Gasteiger partial charge in [0.2, 0.25) is 5.91 Å². The molecule has 2 saturated heterocycles. The molecule has 0 saturated carbocycles. The number of nitrogens with zero attached hydrogens (tertiary/aromatic N) is 3. The predicted octanol–water partition coefficient (Wildman–Crippen LogP) is 0.818. The number of piperidine rings is 1. The van der Waals surface area contributed by atoms with Crippen LogP contribution in [-0.2, 0) is 9.59 Å². The minimum atomic E-state index is -0.486. The predicted molar refractivity (Wildman–Crippen MR) is 100 cm³/mol. The minimum Gasteiger partial charge on any atom is -0.484 e. The Labute approximate surface area is 163 Å². The summed E-state index contributed by atoms with van der Waals surface area (Å²) in [7, 11) is 0. The van der Waals surface area contributed by atoms with E-state index in [9.17, 15) is 19.7 Å². The van der Waals surface area contributed by atoms with Crippen LogP contribution >= 0.6 is 12.4 Å². The summed E-state index contributed by atoms with van der Waals surface area (Å²) in [5, 5.41) is 13.7. The number of non-ortho nitro benzene ring substituents is 1. The lowest BCUT2D eigenvalue weighted by atomic mass is 10.0. The number of hydrogen-bond donors (Lipinski definition) is 1. The van der Waals surface area contributed by atoms with E-state index >= 15 is 0 Å². The second-order valence-corrected chi connectivity index (χ2v) is 6.44. The van der Waals surface area contributed by atoms with E-state index in [0.717, 1.165) is 19.4 Å². The quantitative estimate of drug-likeness (QED) is 0.581. The summed E-state index contributed by atoms with van der Waals surface area (Å²) in [6.07, 6.45) is 1.75. The third kappa shape index (κ3) is 5.30. The van der Waals surface area contributed by atoms with Crippen LogP contribution < -0.4 is 10.1 Å². The number of ether oxygens (including phenoxy) is 1. The molecule has 1 atom stereocenters. The van der Waals surface area contributed by atoms with Crippen molar-refractivity contribution in [1.29, 1.82) is 0 Å². The summed E-state index contributed by atoms with van der Waals surface area (Å²) >= 11 is 0. The van der Waals surface area contributed by atoms with Crippen LogP contribution in [0.3, 0.4) is 0 Å². The first-order chi connectivity index (χ1) is 12.5. The summed E-state index contributed by atoms with van der Waals surface area (Å²) in [6, 6.07) is 5.69. The van der Waals surface area contributed by atoms with Crippen molar-refractivity contribution in [3.63, 3.8) is 0 Å². The molecule has 2 aliphatic rings.